The third-order valence-electron chi connectivity index (χ3n) is 6.88. The van der Waals surface area contributed by atoms with Crippen molar-refractivity contribution in [2.45, 2.75) is 70.0 Å². The van der Waals surface area contributed by atoms with Crippen molar-refractivity contribution in [1.82, 2.24) is 20.1 Å². The topological polar surface area (TPSA) is 154 Å². The van der Waals surface area contributed by atoms with Crippen molar-refractivity contribution in [2.75, 3.05) is 13.1 Å². The average molecular weight is 461 g/mol. The van der Waals surface area contributed by atoms with Crippen LogP contribution in [0.4, 0.5) is 0 Å². The number of nitrogens with one attached hydrogen (secondary N) is 3. The van der Waals surface area contributed by atoms with E-state index in [1.807, 2.05) is 6.07 Å². The van der Waals surface area contributed by atoms with E-state index < -0.39 is 18.1 Å². The van der Waals surface area contributed by atoms with Crippen molar-refractivity contribution >= 4 is 23.6 Å². The fraction of sp³-hybridized carbons (Fsp3) is 0.652. The molecular weight excluding hydrogens is 424 g/mol. The van der Waals surface area contributed by atoms with Crippen LogP contribution in [0.15, 0.2) is 12.1 Å². The molecule has 10 heteroatoms. The van der Waals surface area contributed by atoms with E-state index >= 15 is 0 Å². The van der Waals surface area contributed by atoms with E-state index in [4.69, 9.17) is 16.2 Å². The predicted octanol–water partition coefficient (Wildman–Crippen LogP) is 0.930. The van der Waals surface area contributed by atoms with Crippen molar-refractivity contribution in [3.8, 4) is 0 Å². The van der Waals surface area contributed by atoms with Crippen LogP contribution in [0.3, 0.4) is 0 Å². The van der Waals surface area contributed by atoms with Gasteiger partial charge >= 0.3 is 5.97 Å². The van der Waals surface area contributed by atoms with E-state index in [0.717, 1.165) is 37.8 Å². The normalized spacial score (nSPS) is 19.9. The molecule has 2 heterocycles. The molecule has 1 aliphatic heterocycles. The van der Waals surface area contributed by atoms with Crippen molar-refractivity contribution in [3.63, 3.8) is 0 Å². The zero-order valence-electron chi connectivity index (χ0n) is 19.3. The first-order valence-corrected chi connectivity index (χ1v) is 11.8. The van der Waals surface area contributed by atoms with Crippen molar-refractivity contribution in [1.29, 1.82) is 5.41 Å². The highest BCUT2D eigenvalue weighted by molar-refractivity contribution is 5.93. The number of rotatable bonds is 10. The molecule has 33 heavy (non-hydrogen) atoms. The zero-order valence-corrected chi connectivity index (χ0v) is 19.3. The van der Waals surface area contributed by atoms with Crippen LogP contribution in [0.5, 0.6) is 0 Å². The fourth-order valence-corrected chi connectivity index (χ4v) is 5.04. The molecular formula is C23H36N6O4. The summed E-state index contributed by atoms with van der Waals surface area (Å²) in [5.41, 5.74) is 6.95. The van der Waals surface area contributed by atoms with Gasteiger partial charge in [-0.1, -0.05) is 32.1 Å². The minimum absolute atomic E-state index is 0.0412. The van der Waals surface area contributed by atoms with Gasteiger partial charge in [-0.2, -0.15) is 0 Å². The van der Waals surface area contributed by atoms with Gasteiger partial charge < -0.3 is 25.6 Å². The lowest BCUT2D eigenvalue weighted by molar-refractivity contribution is -0.141. The number of amidine groups is 1. The smallest absolute Gasteiger partial charge is 0.317 e. The van der Waals surface area contributed by atoms with Gasteiger partial charge in [0.05, 0.1) is 24.8 Å². The molecule has 1 saturated heterocycles. The molecule has 1 aromatic heterocycles. The number of hydrogen-bond acceptors (Lipinski definition) is 5. The van der Waals surface area contributed by atoms with Gasteiger partial charge in [-0.25, -0.2) is 0 Å². The second kappa shape index (κ2) is 11.3. The summed E-state index contributed by atoms with van der Waals surface area (Å²) in [7, 11) is 1.79. The molecule has 0 unspecified atom stereocenters. The molecule has 2 aliphatic rings. The number of aliphatic carboxylic acids is 1. The Hall–Kier alpha value is -2.88. The number of amides is 2. The van der Waals surface area contributed by atoms with E-state index in [0.29, 0.717) is 31.0 Å². The van der Waals surface area contributed by atoms with Gasteiger partial charge in [0.15, 0.2) is 0 Å². The molecule has 2 atom stereocenters. The Balaban J connectivity index is 1.63. The van der Waals surface area contributed by atoms with E-state index in [1.165, 1.54) is 6.42 Å². The summed E-state index contributed by atoms with van der Waals surface area (Å²) in [6.45, 7) is 0.481. The van der Waals surface area contributed by atoms with Gasteiger partial charge in [-0.15, -0.1) is 0 Å². The lowest BCUT2D eigenvalue weighted by Gasteiger charge is -2.31. The van der Waals surface area contributed by atoms with Crippen LogP contribution in [0, 0.1) is 11.3 Å². The number of carbonyl (C=O) groups is 3. The van der Waals surface area contributed by atoms with E-state index in [9.17, 15) is 14.4 Å². The number of hydrogen-bond donors (Lipinski definition) is 5. The number of aromatic nitrogens is 1. The van der Waals surface area contributed by atoms with Gasteiger partial charge in [-0.05, 0) is 37.3 Å². The summed E-state index contributed by atoms with van der Waals surface area (Å²) < 4.78 is 1.76. The minimum Gasteiger partial charge on any atom is -0.480 e. The van der Waals surface area contributed by atoms with E-state index in [1.54, 1.807) is 22.6 Å². The van der Waals surface area contributed by atoms with Gasteiger partial charge in [0.2, 0.25) is 11.8 Å². The Morgan fingerprint density at radius 1 is 1.18 bits per heavy atom. The number of nitrogen functional groups attached to an aromatic ring is 1. The second-order valence-corrected chi connectivity index (χ2v) is 9.16. The van der Waals surface area contributed by atoms with Gasteiger partial charge in [0.25, 0.3) is 0 Å². The maximum Gasteiger partial charge on any atom is 0.317 e. The summed E-state index contributed by atoms with van der Waals surface area (Å²) >= 11 is 0. The quantitative estimate of drug-likeness (QED) is 0.259. The molecule has 2 amide bonds. The monoisotopic (exact) mass is 460 g/mol. The number of carbonyl (C=O) groups excluding carboxylic acids is 2. The molecule has 0 aromatic carbocycles. The molecule has 2 fully saturated rings. The second-order valence-electron chi connectivity index (χ2n) is 9.16. The first-order valence-electron chi connectivity index (χ1n) is 11.8. The SMILES string of the molecule is Cn1c(CNC(=O)[C@@H]2CCCN2C(=O)[C@@H](CC2CCCCC2)NCC(=O)O)ccc1C(=N)N. The summed E-state index contributed by atoms with van der Waals surface area (Å²) in [6, 6.07) is 2.39. The zero-order chi connectivity index (χ0) is 24.0. The van der Waals surface area contributed by atoms with Gasteiger partial charge in [0.1, 0.15) is 11.9 Å². The highest BCUT2D eigenvalue weighted by atomic mass is 16.4. The highest BCUT2D eigenvalue weighted by Crippen LogP contribution is 2.29. The van der Waals surface area contributed by atoms with E-state index in [-0.39, 0.29) is 30.7 Å². The van der Waals surface area contributed by atoms with Crippen LogP contribution >= 0.6 is 0 Å². The van der Waals surface area contributed by atoms with Crippen molar-refractivity contribution in [3.05, 3.63) is 23.5 Å². The standard InChI is InChI=1S/C23H36N6O4/c1-28-16(9-10-18(28)21(24)25)13-27-22(32)19-8-5-11-29(19)23(33)17(26-14-20(30)31)12-15-6-3-2-4-7-15/h9-10,15,17,19,26H,2-8,11-14H2,1H3,(H3,24,25)(H,27,32)(H,30,31)/t17-,19+/m1/s1. The molecule has 0 bridgehead atoms. The minimum atomic E-state index is -1.00. The number of carboxylic acid groups (broad SMARTS) is 1. The molecule has 3 rings (SSSR count). The Morgan fingerprint density at radius 2 is 1.91 bits per heavy atom. The first kappa shape index (κ1) is 24.8. The number of nitrogens with zero attached hydrogens (tertiary/aromatic N) is 2. The number of carboxylic acids is 1. The maximum absolute atomic E-state index is 13.4. The van der Waals surface area contributed by atoms with Crippen molar-refractivity contribution < 1.29 is 19.5 Å². The third-order valence-corrected chi connectivity index (χ3v) is 6.88. The van der Waals surface area contributed by atoms with Crippen LogP contribution in [0.25, 0.3) is 0 Å². The average Bonchev–Trinajstić information content (AvgIpc) is 3.42. The van der Waals surface area contributed by atoms with Crippen LogP contribution < -0.4 is 16.4 Å². The van der Waals surface area contributed by atoms with Crippen LogP contribution in [0.1, 0.15) is 62.8 Å². The Bertz CT molecular complexity index is 876. The third kappa shape index (κ3) is 6.34. The molecule has 6 N–H and O–H groups in total. The number of nitrogens with two attached hydrogens (primary N) is 1. The molecule has 1 saturated carbocycles. The van der Waals surface area contributed by atoms with Gasteiger partial charge in [-0.3, -0.25) is 25.1 Å². The Labute approximate surface area is 194 Å². The van der Waals surface area contributed by atoms with E-state index in [2.05, 4.69) is 10.6 Å². The Kier molecular flexibility index (Phi) is 8.49. The summed E-state index contributed by atoms with van der Waals surface area (Å²) in [4.78, 5) is 39.1. The molecule has 1 aromatic rings. The van der Waals surface area contributed by atoms with Crippen molar-refractivity contribution in [2.24, 2.45) is 18.7 Å². The van der Waals surface area contributed by atoms with Crippen LogP contribution in [0.2, 0.25) is 0 Å². The summed E-state index contributed by atoms with van der Waals surface area (Å²) in [5, 5.41) is 22.5. The molecule has 0 radical (unpaired) electrons. The first-order chi connectivity index (χ1) is 15.8. The van der Waals surface area contributed by atoms with Crippen LogP contribution in [-0.4, -0.2) is 63.4 Å². The lowest BCUT2D eigenvalue weighted by Crippen LogP contribution is -2.53. The highest BCUT2D eigenvalue weighted by Gasteiger charge is 2.38. The Morgan fingerprint density at radius 3 is 2.55 bits per heavy atom. The molecule has 182 valence electrons. The summed E-state index contributed by atoms with van der Waals surface area (Å²) in [5.74, 6) is -1.05. The molecule has 0 spiro atoms. The molecule has 10 nitrogen and oxygen atoms in total. The summed E-state index contributed by atoms with van der Waals surface area (Å²) in [6.07, 6.45) is 7.53. The fourth-order valence-electron chi connectivity index (χ4n) is 5.04. The van der Waals surface area contributed by atoms with Gasteiger partial charge in [0, 0.05) is 19.3 Å². The molecule has 1 aliphatic carbocycles. The lowest BCUT2D eigenvalue weighted by atomic mass is 9.84. The number of likely N-dealkylation sites (tertiary alicyclic amines) is 1. The van der Waals surface area contributed by atoms with Crippen LogP contribution in [-0.2, 0) is 28.0 Å². The largest absolute Gasteiger partial charge is 0.480 e. The maximum atomic E-state index is 13.4. The predicted molar refractivity (Wildman–Crippen MR) is 124 cm³/mol.